The minimum atomic E-state index is -0.900. The Morgan fingerprint density at radius 1 is 0.891 bits per heavy atom. The first-order chi connectivity index (χ1) is 22.2. The van der Waals surface area contributed by atoms with Crippen molar-refractivity contribution in [2.75, 3.05) is 16.4 Å². The molecule has 0 bridgehead atoms. The van der Waals surface area contributed by atoms with Gasteiger partial charge in [0.05, 0.1) is 10.9 Å². The van der Waals surface area contributed by atoms with E-state index in [0.717, 1.165) is 56.0 Å². The Hall–Kier alpha value is -5.88. The number of isocyanates is 1. The summed E-state index contributed by atoms with van der Waals surface area (Å²) in [4.78, 5) is 46.8. The van der Waals surface area contributed by atoms with E-state index < -0.39 is 40.7 Å². The molecule has 1 aliphatic rings. The molecule has 3 aromatic carbocycles. The van der Waals surface area contributed by atoms with E-state index in [1.165, 1.54) is 24.5 Å². The van der Waals surface area contributed by atoms with Crippen LogP contribution >= 0.6 is 0 Å². The fourth-order valence-corrected chi connectivity index (χ4v) is 5.17. The molecule has 0 spiro atoms. The number of carbonyl (C=O) groups excluding carboxylic acids is 3. The van der Waals surface area contributed by atoms with E-state index in [2.05, 4.69) is 25.6 Å². The number of hydrogen-bond acceptors (Lipinski definition) is 7. The molecule has 6 rings (SSSR count). The van der Waals surface area contributed by atoms with Gasteiger partial charge < -0.3 is 20.9 Å². The monoisotopic (exact) mass is 631 g/mol. The fraction of sp³-hybridized carbons (Fsp3) is 0.156. The highest BCUT2D eigenvalue weighted by Crippen LogP contribution is 2.35. The lowest BCUT2D eigenvalue weighted by Gasteiger charge is -2.12. The number of para-hydroxylation sites is 2. The van der Waals surface area contributed by atoms with Gasteiger partial charge in [-0.2, -0.15) is 4.99 Å². The normalized spacial score (nSPS) is 12.6. The van der Waals surface area contributed by atoms with Gasteiger partial charge in [-0.1, -0.05) is 37.1 Å². The summed E-state index contributed by atoms with van der Waals surface area (Å²) >= 11 is 0. The van der Waals surface area contributed by atoms with E-state index >= 15 is 0 Å². The number of nitrogens with one attached hydrogen (secondary N) is 2. The largest absolute Gasteiger partial charge is 0.383 e. The van der Waals surface area contributed by atoms with E-state index in [4.69, 9.17) is 5.73 Å². The van der Waals surface area contributed by atoms with Crippen LogP contribution in [0.15, 0.2) is 78.2 Å². The van der Waals surface area contributed by atoms with Crippen LogP contribution in [0.1, 0.15) is 47.6 Å². The van der Waals surface area contributed by atoms with Crippen molar-refractivity contribution in [2.24, 2.45) is 4.99 Å². The molecular formula is C32H25F4N7O3. The molecule has 5 aromatic rings. The van der Waals surface area contributed by atoms with E-state index in [0.29, 0.717) is 22.2 Å². The van der Waals surface area contributed by atoms with Crippen molar-refractivity contribution in [2.45, 2.75) is 31.7 Å². The Bertz CT molecular complexity index is 1950. The lowest BCUT2D eigenvalue weighted by atomic mass is 10.0. The summed E-state index contributed by atoms with van der Waals surface area (Å²) in [6.07, 6.45) is 8.45. The third-order valence-corrected chi connectivity index (χ3v) is 7.28. The molecule has 0 radical (unpaired) electrons. The number of nitrogen functional groups attached to an aromatic ring is 1. The number of halogens is 4. The van der Waals surface area contributed by atoms with Gasteiger partial charge in [0.15, 0.2) is 17.4 Å². The predicted octanol–water partition coefficient (Wildman–Crippen LogP) is 7.21. The Kier molecular flexibility index (Phi) is 9.48. The van der Waals surface area contributed by atoms with Crippen LogP contribution in [0.25, 0.3) is 11.0 Å². The molecule has 14 heteroatoms. The lowest BCUT2D eigenvalue weighted by molar-refractivity contribution is 0.104. The van der Waals surface area contributed by atoms with Gasteiger partial charge >= 0.3 is 6.03 Å². The van der Waals surface area contributed by atoms with Gasteiger partial charge in [0, 0.05) is 23.5 Å². The first-order valence-electron chi connectivity index (χ1n) is 14.0. The molecule has 2 amide bonds. The van der Waals surface area contributed by atoms with E-state index in [-0.39, 0.29) is 23.3 Å². The minimum Gasteiger partial charge on any atom is -0.383 e. The van der Waals surface area contributed by atoms with E-state index in [9.17, 15) is 31.9 Å². The molecule has 2 aromatic heterocycles. The number of aliphatic imine (C=N–C) groups is 1. The Balaban J connectivity index is 0.000000322. The number of carbonyl (C=O) groups is 2. The summed E-state index contributed by atoms with van der Waals surface area (Å²) in [7, 11) is 0. The summed E-state index contributed by atoms with van der Waals surface area (Å²) < 4.78 is 54.7. The number of urea groups is 1. The Morgan fingerprint density at radius 3 is 2.17 bits per heavy atom. The number of nitrogens with zero attached hydrogens (tertiary/aromatic N) is 4. The number of hydrogen-bond donors (Lipinski definition) is 3. The molecule has 1 aliphatic carbocycles. The SMILES string of the molecule is Nc1ncnc2c1c(C(=O)c1cccc(NC(=O)Nc3c(F)cccc3F)c1)cn2C1CCCC1.O=C=Nc1c(F)cccc1F. The second kappa shape index (κ2) is 13.8. The molecule has 0 saturated heterocycles. The zero-order chi connectivity index (χ0) is 32.8. The standard InChI is InChI=1S/C25H22F2N6O2.C7H3F2NO/c26-18-9-4-10-19(27)21(18)32-25(35)31-15-6-3-5-14(11-15)22(34)17-12-33(16-7-1-2-8-16)24-20(17)23(28)29-13-30-24;8-5-2-1-3-6(9)7(5)10-4-11/h3-6,9-13,16H,1-2,7-8H2,(H2,28,29,30)(H2,31,32,35);1-3H. The minimum absolute atomic E-state index is 0.218. The van der Waals surface area contributed by atoms with Crippen LogP contribution in [0.5, 0.6) is 0 Å². The second-order valence-electron chi connectivity index (χ2n) is 10.2. The predicted molar refractivity (Wildman–Crippen MR) is 162 cm³/mol. The molecule has 2 heterocycles. The van der Waals surface area contributed by atoms with Crippen molar-refractivity contribution >= 4 is 51.8 Å². The molecule has 234 valence electrons. The molecule has 46 heavy (non-hydrogen) atoms. The van der Waals surface area contributed by atoms with Crippen LogP contribution < -0.4 is 16.4 Å². The van der Waals surface area contributed by atoms with Crippen molar-refractivity contribution in [1.82, 2.24) is 14.5 Å². The van der Waals surface area contributed by atoms with Gasteiger partial charge in [0.1, 0.15) is 40.8 Å². The number of anilines is 3. The maximum absolute atomic E-state index is 13.8. The van der Waals surface area contributed by atoms with Gasteiger partial charge in [-0.3, -0.25) is 4.79 Å². The molecule has 4 N–H and O–H groups in total. The molecular weight excluding hydrogens is 606 g/mol. The van der Waals surface area contributed by atoms with Crippen LogP contribution in [0.3, 0.4) is 0 Å². The first kappa shape index (κ1) is 31.5. The molecule has 10 nitrogen and oxygen atoms in total. The first-order valence-corrected chi connectivity index (χ1v) is 14.0. The molecule has 0 unspecified atom stereocenters. The summed E-state index contributed by atoms with van der Waals surface area (Å²) in [5.74, 6) is -3.63. The third kappa shape index (κ3) is 6.76. The highest BCUT2D eigenvalue weighted by atomic mass is 19.1. The van der Waals surface area contributed by atoms with E-state index in [1.54, 1.807) is 24.4 Å². The second-order valence-corrected chi connectivity index (χ2v) is 10.2. The number of nitrogens with two attached hydrogens (primary N) is 1. The summed E-state index contributed by atoms with van der Waals surface area (Å²) in [5.41, 5.74) is 6.54. The maximum atomic E-state index is 13.8. The van der Waals surface area contributed by atoms with Crippen molar-refractivity contribution in [3.63, 3.8) is 0 Å². The van der Waals surface area contributed by atoms with Crippen molar-refractivity contribution < 1.29 is 31.9 Å². The highest BCUT2D eigenvalue weighted by Gasteiger charge is 2.25. The van der Waals surface area contributed by atoms with Crippen LogP contribution in [0, 0.1) is 23.3 Å². The van der Waals surface area contributed by atoms with Gasteiger partial charge in [-0.15, -0.1) is 0 Å². The quantitative estimate of drug-likeness (QED) is 0.0782. The van der Waals surface area contributed by atoms with E-state index in [1.807, 2.05) is 4.57 Å². The zero-order valence-electron chi connectivity index (χ0n) is 23.9. The topological polar surface area (TPSA) is 144 Å². The number of benzene rings is 3. The number of rotatable bonds is 6. The summed E-state index contributed by atoms with van der Waals surface area (Å²) in [6, 6.07) is 12.1. The molecule has 0 atom stereocenters. The van der Waals surface area contributed by atoms with Crippen LogP contribution in [-0.2, 0) is 4.79 Å². The van der Waals surface area contributed by atoms with Crippen molar-refractivity contribution in [3.8, 4) is 0 Å². The van der Waals surface area contributed by atoms with Crippen molar-refractivity contribution in [3.05, 3.63) is 108 Å². The fourth-order valence-electron chi connectivity index (χ4n) is 5.17. The molecule has 1 fully saturated rings. The number of fused-ring (bicyclic) bond motifs is 1. The third-order valence-electron chi connectivity index (χ3n) is 7.28. The van der Waals surface area contributed by atoms with Gasteiger partial charge in [-0.25, -0.2) is 37.1 Å². The van der Waals surface area contributed by atoms with Crippen LogP contribution in [-0.4, -0.2) is 32.4 Å². The smallest absolute Gasteiger partial charge is 0.323 e. The molecule has 1 saturated carbocycles. The Labute approximate surface area is 259 Å². The summed E-state index contributed by atoms with van der Waals surface area (Å²) in [6.45, 7) is 0. The lowest BCUT2D eigenvalue weighted by Crippen LogP contribution is -2.21. The zero-order valence-corrected chi connectivity index (χ0v) is 23.9. The van der Waals surface area contributed by atoms with Crippen LogP contribution in [0.4, 0.5) is 45.2 Å². The maximum Gasteiger partial charge on any atom is 0.323 e. The highest BCUT2D eigenvalue weighted by molar-refractivity contribution is 6.18. The number of aromatic nitrogens is 3. The average Bonchev–Trinajstić information content (AvgIpc) is 3.70. The summed E-state index contributed by atoms with van der Waals surface area (Å²) in [5, 5.41) is 5.15. The van der Waals surface area contributed by atoms with Gasteiger partial charge in [-0.05, 0) is 49.2 Å². The number of ketones is 1. The number of amides is 2. The van der Waals surface area contributed by atoms with Crippen molar-refractivity contribution in [1.29, 1.82) is 0 Å². The average molecular weight is 632 g/mol. The van der Waals surface area contributed by atoms with Crippen LogP contribution in [0.2, 0.25) is 0 Å². The Morgan fingerprint density at radius 2 is 1.52 bits per heavy atom. The van der Waals surface area contributed by atoms with Gasteiger partial charge in [0.25, 0.3) is 0 Å². The van der Waals surface area contributed by atoms with Gasteiger partial charge in [0.2, 0.25) is 6.08 Å². The molecule has 0 aliphatic heterocycles.